The Bertz CT molecular complexity index is 1100. The normalized spacial score (nSPS) is 10.5. The number of hydrogen-bond donors (Lipinski definition) is 1. The summed E-state index contributed by atoms with van der Waals surface area (Å²) in [6.07, 6.45) is 6.26. The Morgan fingerprint density at radius 1 is 1.08 bits per heavy atom. The largest absolute Gasteiger partial charge is 0.444 e. The molecule has 0 saturated carbocycles. The number of rotatable bonds is 3. The molecule has 4 rings (SSSR count). The van der Waals surface area contributed by atoms with Crippen LogP contribution in [-0.4, -0.2) is 19.7 Å². The molecule has 0 fully saturated rings. The van der Waals surface area contributed by atoms with Crippen LogP contribution in [0.15, 0.2) is 70.5 Å². The third-order valence-electron chi connectivity index (χ3n) is 3.75. The first-order valence-corrected chi connectivity index (χ1v) is 7.43. The van der Waals surface area contributed by atoms with Gasteiger partial charge in [-0.15, -0.1) is 0 Å². The molecule has 3 aromatic heterocycles. The molecular weight excluding hydrogens is 318 g/mol. The fourth-order valence-electron chi connectivity index (χ4n) is 2.48. The van der Waals surface area contributed by atoms with Crippen molar-refractivity contribution >= 4 is 0 Å². The quantitative estimate of drug-likeness (QED) is 0.623. The molecule has 0 aliphatic carbocycles. The number of pyridine rings is 1. The van der Waals surface area contributed by atoms with Crippen LogP contribution in [0.4, 0.5) is 0 Å². The average Bonchev–Trinajstić information content (AvgIpc) is 3.32. The first kappa shape index (κ1) is 14.7. The maximum absolute atomic E-state index is 12.6. The Kier molecular flexibility index (Phi) is 3.48. The van der Waals surface area contributed by atoms with Crippen LogP contribution in [-0.2, 0) is 0 Å². The Morgan fingerprint density at radius 2 is 1.88 bits per heavy atom. The summed E-state index contributed by atoms with van der Waals surface area (Å²) in [5, 5.41) is 11.8. The highest BCUT2D eigenvalue weighted by Gasteiger charge is 2.11. The minimum atomic E-state index is -0.221. The van der Waals surface area contributed by atoms with Crippen molar-refractivity contribution in [3.8, 4) is 34.5 Å². The van der Waals surface area contributed by atoms with Crippen LogP contribution in [0.3, 0.4) is 0 Å². The zero-order chi connectivity index (χ0) is 17.2. The predicted octanol–water partition coefficient (Wildman–Crippen LogP) is 2.75. The van der Waals surface area contributed by atoms with Gasteiger partial charge in [0.1, 0.15) is 6.26 Å². The summed E-state index contributed by atoms with van der Waals surface area (Å²) in [5.74, 6) is 0.927. The van der Waals surface area contributed by atoms with Gasteiger partial charge in [-0.05, 0) is 29.8 Å². The highest BCUT2D eigenvalue weighted by atomic mass is 16.3. The molecule has 0 saturated heterocycles. The molecular formula is C18H11N5O2. The van der Waals surface area contributed by atoms with Crippen LogP contribution in [0, 0.1) is 11.3 Å². The zero-order valence-corrected chi connectivity index (χ0v) is 12.9. The standard InChI is InChI=1S/C18H11N5O2/c19-9-12-1-3-13(4-2-12)15-11-22-23(18(15)24)16-6-5-14(10-21-16)17-20-7-8-25-17/h1-8,10-11,22H. The van der Waals surface area contributed by atoms with E-state index in [1.165, 1.54) is 10.9 Å². The second kappa shape index (κ2) is 5.94. The molecule has 7 nitrogen and oxygen atoms in total. The van der Waals surface area contributed by atoms with Crippen LogP contribution in [0.25, 0.3) is 28.4 Å². The summed E-state index contributed by atoms with van der Waals surface area (Å²) in [4.78, 5) is 21.0. The molecule has 0 spiro atoms. The second-order valence-corrected chi connectivity index (χ2v) is 5.26. The highest BCUT2D eigenvalue weighted by Crippen LogP contribution is 2.18. The van der Waals surface area contributed by atoms with Gasteiger partial charge in [0.15, 0.2) is 5.82 Å². The van der Waals surface area contributed by atoms with Crippen LogP contribution >= 0.6 is 0 Å². The molecule has 0 amide bonds. The summed E-state index contributed by atoms with van der Waals surface area (Å²) in [6.45, 7) is 0. The van der Waals surface area contributed by atoms with E-state index in [0.717, 1.165) is 11.1 Å². The monoisotopic (exact) mass is 329 g/mol. The van der Waals surface area contributed by atoms with Crippen molar-refractivity contribution in [2.45, 2.75) is 0 Å². The minimum absolute atomic E-state index is 0.221. The van der Waals surface area contributed by atoms with Crippen LogP contribution < -0.4 is 5.56 Å². The van der Waals surface area contributed by atoms with E-state index in [2.05, 4.69) is 21.1 Å². The Labute approximate surface area is 141 Å². The van der Waals surface area contributed by atoms with Crippen molar-refractivity contribution in [3.05, 3.63) is 77.2 Å². The number of oxazole rings is 1. The average molecular weight is 329 g/mol. The van der Waals surface area contributed by atoms with E-state index >= 15 is 0 Å². The van der Waals surface area contributed by atoms with Crippen LogP contribution in [0.5, 0.6) is 0 Å². The van der Waals surface area contributed by atoms with Gasteiger partial charge in [-0.25, -0.2) is 14.6 Å². The van der Waals surface area contributed by atoms with E-state index in [4.69, 9.17) is 9.68 Å². The van der Waals surface area contributed by atoms with Crippen molar-refractivity contribution in [3.63, 3.8) is 0 Å². The summed E-state index contributed by atoms with van der Waals surface area (Å²) >= 11 is 0. The van der Waals surface area contributed by atoms with Crippen molar-refractivity contribution in [1.29, 1.82) is 5.26 Å². The molecule has 4 aromatic rings. The topological polar surface area (TPSA) is 100 Å². The van der Waals surface area contributed by atoms with Gasteiger partial charge in [0.2, 0.25) is 5.89 Å². The maximum Gasteiger partial charge on any atom is 0.280 e. The number of nitrogens with one attached hydrogen (secondary N) is 1. The van der Waals surface area contributed by atoms with Gasteiger partial charge in [-0.3, -0.25) is 9.89 Å². The Morgan fingerprint density at radius 3 is 2.52 bits per heavy atom. The molecule has 0 unspecified atom stereocenters. The smallest absolute Gasteiger partial charge is 0.280 e. The summed E-state index contributed by atoms with van der Waals surface area (Å²) < 4.78 is 6.57. The van der Waals surface area contributed by atoms with Crippen molar-refractivity contribution in [2.24, 2.45) is 0 Å². The first-order chi connectivity index (χ1) is 12.3. The van der Waals surface area contributed by atoms with E-state index in [9.17, 15) is 4.79 Å². The molecule has 25 heavy (non-hydrogen) atoms. The maximum atomic E-state index is 12.6. The number of nitriles is 1. The zero-order valence-electron chi connectivity index (χ0n) is 12.9. The van der Waals surface area contributed by atoms with Crippen molar-refractivity contribution in [1.82, 2.24) is 19.7 Å². The van der Waals surface area contributed by atoms with Crippen molar-refractivity contribution < 1.29 is 4.42 Å². The van der Waals surface area contributed by atoms with Gasteiger partial charge in [-0.1, -0.05) is 12.1 Å². The molecule has 1 aromatic carbocycles. The summed E-state index contributed by atoms with van der Waals surface area (Å²) in [7, 11) is 0. The lowest BCUT2D eigenvalue weighted by molar-refractivity contribution is 0.574. The van der Waals surface area contributed by atoms with E-state index < -0.39 is 0 Å². The molecule has 0 bridgehead atoms. The van der Waals surface area contributed by atoms with Gasteiger partial charge in [0.05, 0.1) is 29.0 Å². The number of aromatic nitrogens is 4. The number of aromatic amines is 1. The minimum Gasteiger partial charge on any atom is -0.444 e. The fourth-order valence-corrected chi connectivity index (χ4v) is 2.48. The van der Waals surface area contributed by atoms with Gasteiger partial charge >= 0.3 is 0 Å². The number of H-pyrrole nitrogens is 1. The molecule has 1 N–H and O–H groups in total. The Balaban J connectivity index is 1.69. The Hall–Kier alpha value is -3.92. The molecule has 120 valence electrons. The van der Waals surface area contributed by atoms with E-state index in [1.807, 2.05) is 0 Å². The SMILES string of the molecule is N#Cc1ccc(-c2c[nH]n(-c3ccc(-c4ncco4)cn3)c2=O)cc1. The second-order valence-electron chi connectivity index (χ2n) is 5.26. The molecule has 3 heterocycles. The van der Waals surface area contributed by atoms with E-state index in [1.54, 1.807) is 55.0 Å². The lowest BCUT2D eigenvalue weighted by Gasteiger charge is -2.01. The van der Waals surface area contributed by atoms with Gasteiger partial charge in [0, 0.05) is 12.4 Å². The van der Waals surface area contributed by atoms with Crippen LogP contribution in [0.2, 0.25) is 0 Å². The molecule has 7 heteroatoms. The number of hydrogen-bond acceptors (Lipinski definition) is 5. The third kappa shape index (κ3) is 2.62. The van der Waals surface area contributed by atoms with Gasteiger partial charge in [0.25, 0.3) is 5.56 Å². The highest BCUT2D eigenvalue weighted by molar-refractivity contribution is 5.63. The molecule has 0 aliphatic heterocycles. The van der Waals surface area contributed by atoms with E-state index in [0.29, 0.717) is 22.8 Å². The molecule has 0 aliphatic rings. The number of nitrogens with zero attached hydrogens (tertiary/aromatic N) is 4. The van der Waals surface area contributed by atoms with Crippen molar-refractivity contribution in [2.75, 3.05) is 0 Å². The fraction of sp³-hybridized carbons (Fsp3) is 0. The summed E-state index contributed by atoms with van der Waals surface area (Å²) in [6, 6.07) is 12.4. The lowest BCUT2D eigenvalue weighted by Crippen LogP contribution is -2.16. The lowest BCUT2D eigenvalue weighted by atomic mass is 10.1. The predicted molar refractivity (Wildman–Crippen MR) is 89.8 cm³/mol. The molecule has 0 atom stereocenters. The first-order valence-electron chi connectivity index (χ1n) is 7.43. The van der Waals surface area contributed by atoms with Gasteiger partial charge < -0.3 is 4.42 Å². The van der Waals surface area contributed by atoms with Gasteiger partial charge in [-0.2, -0.15) is 5.26 Å². The third-order valence-corrected chi connectivity index (χ3v) is 3.75. The molecule has 0 radical (unpaired) electrons. The number of benzene rings is 1. The summed E-state index contributed by atoms with van der Waals surface area (Å²) in [5.41, 5.74) is 2.28. The van der Waals surface area contributed by atoms with E-state index in [-0.39, 0.29) is 5.56 Å². The van der Waals surface area contributed by atoms with Crippen LogP contribution in [0.1, 0.15) is 5.56 Å².